The summed E-state index contributed by atoms with van der Waals surface area (Å²) in [5.74, 6) is -2.21. The number of oxime groups is 1. The first-order valence-corrected chi connectivity index (χ1v) is 9.86. The second-order valence-electron chi connectivity index (χ2n) is 6.04. The zero-order chi connectivity index (χ0) is 25.5. The smallest absolute Gasteiger partial charge is 0.320 e. The largest absolute Gasteiger partial charge is 0.502 e. The van der Waals surface area contributed by atoms with Crippen LogP contribution in [0.1, 0.15) is 6.42 Å². The number of phenols is 1. The molecule has 0 unspecified atom stereocenters. The van der Waals surface area contributed by atoms with Crippen molar-refractivity contribution in [2.75, 3.05) is 6.61 Å². The summed E-state index contributed by atoms with van der Waals surface area (Å²) in [6.45, 7) is 0.0748. The van der Waals surface area contributed by atoms with Crippen molar-refractivity contribution < 1.29 is 42.7 Å². The zero-order valence-electron chi connectivity index (χ0n) is 16.4. The van der Waals surface area contributed by atoms with Gasteiger partial charge in [-0.3, -0.25) is 29.6 Å². The topological polar surface area (TPSA) is 298 Å². The van der Waals surface area contributed by atoms with Gasteiger partial charge in [-0.25, -0.2) is 0 Å². The van der Waals surface area contributed by atoms with Gasteiger partial charge in [-0.2, -0.15) is 8.42 Å². The number of carboxylic acids is 1. The number of hydrogen-bond acceptors (Lipinski definition) is 11. The standard InChI is InChI=1S/C10H6N2O8S.C5H12N4O3/c13-10-7-3-5(21(18,19)20)1-2-6(7)8(11(14)15)4-9(10)12(16)17;6-3(4(10)11)1-2-12-9-5(7)8/h1-4,13H,(H,18,19,20);3H,1-2,6H2,(H,10,11)(H4,7,8,9)/t;3-/m.0/s1. The van der Waals surface area contributed by atoms with Crippen LogP contribution in [0.2, 0.25) is 0 Å². The van der Waals surface area contributed by atoms with Crippen molar-refractivity contribution in [2.45, 2.75) is 17.4 Å². The lowest BCUT2D eigenvalue weighted by atomic mass is 10.1. The summed E-state index contributed by atoms with van der Waals surface area (Å²) < 4.78 is 31.0. The van der Waals surface area contributed by atoms with E-state index in [9.17, 15) is 38.5 Å². The molecule has 18 heteroatoms. The summed E-state index contributed by atoms with van der Waals surface area (Å²) in [5, 5.41) is 42.4. The Morgan fingerprint density at radius 3 is 2.15 bits per heavy atom. The lowest BCUT2D eigenvalue weighted by molar-refractivity contribution is -0.393. The Hall–Kier alpha value is -4.29. The van der Waals surface area contributed by atoms with E-state index in [0.717, 1.165) is 18.2 Å². The number of aliphatic carboxylic acids is 1. The van der Waals surface area contributed by atoms with Gasteiger partial charge in [0, 0.05) is 11.8 Å². The van der Waals surface area contributed by atoms with Crippen LogP contribution in [0.25, 0.3) is 10.8 Å². The number of benzene rings is 2. The molecule has 180 valence electrons. The molecule has 0 aliphatic carbocycles. The average Bonchev–Trinajstić information content (AvgIpc) is 2.70. The molecule has 17 nitrogen and oxygen atoms in total. The lowest BCUT2D eigenvalue weighted by Crippen LogP contribution is -2.31. The molecule has 1 atom stereocenters. The first-order valence-electron chi connectivity index (χ1n) is 8.42. The van der Waals surface area contributed by atoms with Crippen LogP contribution in [0.5, 0.6) is 5.75 Å². The van der Waals surface area contributed by atoms with Crippen LogP contribution in [-0.2, 0) is 19.8 Å². The van der Waals surface area contributed by atoms with E-state index in [-0.39, 0.29) is 24.4 Å². The number of hydrogen-bond donors (Lipinski definition) is 6. The molecule has 2 aromatic carbocycles. The van der Waals surface area contributed by atoms with E-state index in [1.807, 2.05) is 0 Å². The number of nitro benzene ring substituents is 2. The Kier molecular flexibility index (Phi) is 8.78. The monoisotopic (exact) mass is 490 g/mol. The molecule has 0 aliphatic heterocycles. The number of carboxylic acid groups (broad SMARTS) is 1. The van der Waals surface area contributed by atoms with Crippen LogP contribution in [0.3, 0.4) is 0 Å². The molecule has 0 heterocycles. The third kappa shape index (κ3) is 7.41. The number of fused-ring (bicyclic) bond motifs is 1. The number of guanidine groups is 1. The fourth-order valence-electron chi connectivity index (χ4n) is 2.23. The number of nitro groups is 2. The summed E-state index contributed by atoms with van der Waals surface area (Å²) in [6, 6.07) is 2.21. The van der Waals surface area contributed by atoms with E-state index in [0.29, 0.717) is 6.07 Å². The highest BCUT2D eigenvalue weighted by molar-refractivity contribution is 7.85. The van der Waals surface area contributed by atoms with Crippen LogP contribution < -0.4 is 17.2 Å². The van der Waals surface area contributed by atoms with Crippen molar-refractivity contribution in [3.63, 3.8) is 0 Å². The Morgan fingerprint density at radius 1 is 1.12 bits per heavy atom. The predicted octanol–water partition coefficient (Wildman–Crippen LogP) is -0.398. The number of non-ortho nitro benzene ring substituents is 1. The molecule has 2 rings (SSSR count). The van der Waals surface area contributed by atoms with Crippen molar-refractivity contribution >= 4 is 44.2 Å². The molecule has 2 aromatic rings. The molecule has 0 bridgehead atoms. The molecule has 33 heavy (non-hydrogen) atoms. The highest BCUT2D eigenvalue weighted by atomic mass is 32.2. The maximum Gasteiger partial charge on any atom is 0.320 e. The molecular weight excluding hydrogens is 472 g/mol. The summed E-state index contributed by atoms with van der Waals surface area (Å²) in [5.41, 5.74) is 13.4. The molecule has 0 radical (unpaired) electrons. The van der Waals surface area contributed by atoms with E-state index < -0.39 is 59.4 Å². The molecule has 9 N–H and O–H groups in total. The third-order valence-electron chi connectivity index (χ3n) is 3.74. The van der Waals surface area contributed by atoms with Gasteiger partial charge < -0.3 is 32.3 Å². The predicted molar refractivity (Wildman–Crippen MR) is 111 cm³/mol. The molecule has 0 fully saturated rings. The van der Waals surface area contributed by atoms with E-state index >= 15 is 0 Å². The Labute approximate surface area is 184 Å². The Morgan fingerprint density at radius 2 is 1.70 bits per heavy atom. The maximum atomic E-state index is 11.0. The fourth-order valence-corrected chi connectivity index (χ4v) is 2.74. The lowest BCUT2D eigenvalue weighted by Gasteiger charge is -2.05. The quantitative estimate of drug-likeness (QED) is 0.0685. The van der Waals surface area contributed by atoms with Crippen LogP contribution in [-0.4, -0.2) is 57.6 Å². The second kappa shape index (κ2) is 10.8. The minimum Gasteiger partial charge on any atom is -0.502 e. The summed E-state index contributed by atoms with van der Waals surface area (Å²) in [6.07, 6.45) is 0.159. The van der Waals surface area contributed by atoms with Crippen LogP contribution in [0.4, 0.5) is 11.4 Å². The van der Waals surface area contributed by atoms with Crippen LogP contribution >= 0.6 is 0 Å². The van der Waals surface area contributed by atoms with Gasteiger partial charge in [0.1, 0.15) is 12.6 Å². The first kappa shape index (κ1) is 26.7. The Balaban J connectivity index is 0.000000389. The van der Waals surface area contributed by atoms with Gasteiger partial charge in [-0.05, 0) is 23.4 Å². The van der Waals surface area contributed by atoms with Gasteiger partial charge in [-0.15, -0.1) is 0 Å². The number of nitrogens with two attached hydrogens (primary N) is 3. The van der Waals surface area contributed by atoms with Crippen LogP contribution in [0, 0.1) is 20.2 Å². The van der Waals surface area contributed by atoms with Crippen molar-refractivity contribution in [3.8, 4) is 5.75 Å². The van der Waals surface area contributed by atoms with Gasteiger partial charge in [0.25, 0.3) is 15.8 Å². The third-order valence-corrected chi connectivity index (χ3v) is 4.59. The summed E-state index contributed by atoms with van der Waals surface area (Å²) in [7, 11) is -4.63. The highest BCUT2D eigenvalue weighted by Crippen LogP contribution is 2.40. The molecular formula is C15H18N6O11S. The Bertz CT molecular complexity index is 1210. The van der Waals surface area contributed by atoms with Crippen LogP contribution in [0.15, 0.2) is 34.3 Å². The van der Waals surface area contributed by atoms with E-state index in [1.165, 1.54) is 0 Å². The van der Waals surface area contributed by atoms with Gasteiger partial charge in [-0.1, -0.05) is 0 Å². The summed E-state index contributed by atoms with van der Waals surface area (Å²) >= 11 is 0. The van der Waals surface area contributed by atoms with Crippen molar-refractivity contribution in [1.29, 1.82) is 0 Å². The van der Waals surface area contributed by atoms with Crippen molar-refractivity contribution in [3.05, 3.63) is 44.5 Å². The van der Waals surface area contributed by atoms with Crippen molar-refractivity contribution in [2.24, 2.45) is 22.4 Å². The molecule has 0 saturated heterocycles. The summed E-state index contributed by atoms with van der Waals surface area (Å²) in [4.78, 5) is 33.8. The number of carbonyl (C=O) groups is 1. The number of aromatic hydroxyl groups is 1. The molecule has 0 saturated carbocycles. The number of phenolic OH excluding ortho intramolecular Hbond substituents is 1. The molecule has 0 amide bonds. The van der Waals surface area contributed by atoms with Crippen molar-refractivity contribution in [1.82, 2.24) is 0 Å². The maximum absolute atomic E-state index is 11.0. The highest BCUT2D eigenvalue weighted by Gasteiger charge is 2.26. The molecule has 0 spiro atoms. The number of nitrogens with zero attached hydrogens (tertiary/aromatic N) is 3. The first-order chi connectivity index (χ1) is 15.2. The molecule has 0 aliphatic rings. The van der Waals surface area contributed by atoms with E-state index in [2.05, 4.69) is 9.99 Å². The fraction of sp³-hybridized carbons (Fsp3) is 0.200. The zero-order valence-corrected chi connectivity index (χ0v) is 17.2. The average molecular weight is 490 g/mol. The number of rotatable bonds is 8. The van der Waals surface area contributed by atoms with E-state index in [1.54, 1.807) is 0 Å². The minimum absolute atomic E-state index is 0.0748. The SMILES string of the molecule is NC(N)=NOCC[C@H](N)C(=O)O.O=[N+]([O-])c1cc([N+](=O)[O-])c2ccc(S(=O)(=O)O)cc2c1O. The van der Waals surface area contributed by atoms with Gasteiger partial charge in [0.05, 0.1) is 26.2 Å². The van der Waals surface area contributed by atoms with E-state index in [4.69, 9.17) is 26.9 Å². The molecule has 0 aromatic heterocycles. The second-order valence-corrected chi connectivity index (χ2v) is 7.46. The van der Waals surface area contributed by atoms with Gasteiger partial charge >= 0.3 is 11.7 Å². The normalized spacial score (nSPS) is 11.6. The van der Waals surface area contributed by atoms with Gasteiger partial charge in [0.2, 0.25) is 11.7 Å². The van der Waals surface area contributed by atoms with Gasteiger partial charge in [0.15, 0.2) is 0 Å². The minimum atomic E-state index is -4.63.